The highest BCUT2D eigenvalue weighted by atomic mass is 32.2. The van der Waals surface area contributed by atoms with E-state index in [-0.39, 0.29) is 6.61 Å². The molecule has 0 saturated carbocycles. The molecule has 0 radical (unpaired) electrons. The number of methoxy groups -OCH3 is 1. The Balaban J connectivity index is 2.64. The van der Waals surface area contributed by atoms with Crippen LogP contribution >= 0.6 is 11.8 Å². The Kier molecular flexibility index (Phi) is 3.72. The number of nitrogen functional groups attached to an aromatic ring is 1. The summed E-state index contributed by atoms with van der Waals surface area (Å²) < 4.78 is 5.92. The first-order valence-corrected chi connectivity index (χ1v) is 4.56. The second kappa shape index (κ2) is 4.82. The van der Waals surface area contributed by atoms with Gasteiger partial charge in [-0.3, -0.25) is 4.79 Å². The zero-order valence-electron chi connectivity index (χ0n) is 7.45. The van der Waals surface area contributed by atoms with Gasteiger partial charge in [-0.2, -0.15) is 0 Å². The summed E-state index contributed by atoms with van der Waals surface area (Å²) in [6.07, 6.45) is 1.30. The average Bonchev–Trinajstić information content (AvgIpc) is 2.51. The molecule has 0 bridgehead atoms. The van der Waals surface area contributed by atoms with Crippen molar-refractivity contribution in [1.29, 1.82) is 0 Å². The second-order valence-electron chi connectivity index (χ2n) is 2.42. The molecular weight excluding hydrogens is 208 g/mol. The molecule has 8 heteroatoms. The molecular formula is C6H10N4O3S. The van der Waals surface area contributed by atoms with E-state index in [1.54, 1.807) is 0 Å². The third-order valence-corrected chi connectivity index (χ3v) is 2.51. The third-order valence-electron chi connectivity index (χ3n) is 1.38. The van der Waals surface area contributed by atoms with Gasteiger partial charge in [-0.1, -0.05) is 11.8 Å². The fourth-order valence-electron chi connectivity index (χ4n) is 0.751. The predicted octanol–water partition coefficient (Wildman–Crippen LogP) is -0.816. The van der Waals surface area contributed by atoms with Crippen LogP contribution < -0.4 is 5.84 Å². The molecule has 1 aromatic rings. The monoisotopic (exact) mass is 218 g/mol. The number of hydrogen-bond acceptors (Lipinski definition) is 6. The highest BCUT2D eigenvalue weighted by Crippen LogP contribution is 2.19. The molecule has 0 amide bonds. The normalized spacial score (nSPS) is 12.6. The first-order chi connectivity index (χ1) is 6.65. The van der Waals surface area contributed by atoms with Crippen molar-refractivity contribution in [1.82, 2.24) is 14.9 Å². The van der Waals surface area contributed by atoms with Crippen molar-refractivity contribution in [3.63, 3.8) is 0 Å². The summed E-state index contributed by atoms with van der Waals surface area (Å²) in [6.45, 7) is 0.0901. The van der Waals surface area contributed by atoms with Crippen LogP contribution in [0.5, 0.6) is 0 Å². The number of carbonyl (C=O) groups is 1. The molecule has 1 heterocycles. The molecule has 1 atom stereocenters. The summed E-state index contributed by atoms with van der Waals surface area (Å²) in [5.74, 6) is 4.45. The maximum atomic E-state index is 10.7. The number of hydrogen-bond donors (Lipinski definition) is 2. The lowest BCUT2D eigenvalue weighted by atomic mass is 10.5. The summed E-state index contributed by atoms with van der Waals surface area (Å²) in [4.78, 5) is 10.7. The average molecular weight is 218 g/mol. The summed E-state index contributed by atoms with van der Waals surface area (Å²) in [5.41, 5.74) is 0. The Bertz CT molecular complexity index is 316. The van der Waals surface area contributed by atoms with Gasteiger partial charge in [0.15, 0.2) is 0 Å². The highest BCUT2D eigenvalue weighted by Gasteiger charge is 2.21. The number of aromatic nitrogens is 3. The minimum Gasteiger partial charge on any atom is -0.480 e. The minimum atomic E-state index is -0.972. The van der Waals surface area contributed by atoms with Crippen LogP contribution in [-0.2, 0) is 9.53 Å². The standard InChI is InChI=1S/C6H10N4O3S/c1-13-2-4(5(11)12)14-6-9-8-3-10(6)7/h3-4H,2,7H2,1H3,(H,11,12). The molecule has 1 aromatic heterocycles. The number of nitrogens with zero attached hydrogens (tertiary/aromatic N) is 3. The lowest BCUT2D eigenvalue weighted by molar-refractivity contribution is -0.137. The Morgan fingerprint density at radius 2 is 2.64 bits per heavy atom. The molecule has 0 aliphatic heterocycles. The first-order valence-electron chi connectivity index (χ1n) is 3.68. The van der Waals surface area contributed by atoms with E-state index < -0.39 is 11.2 Å². The Morgan fingerprint density at radius 1 is 1.93 bits per heavy atom. The van der Waals surface area contributed by atoms with Gasteiger partial charge in [0.1, 0.15) is 11.6 Å². The van der Waals surface area contributed by atoms with Gasteiger partial charge < -0.3 is 15.7 Å². The topological polar surface area (TPSA) is 103 Å². The number of carboxylic acid groups (broad SMARTS) is 1. The number of ether oxygens (including phenoxy) is 1. The maximum absolute atomic E-state index is 10.7. The zero-order chi connectivity index (χ0) is 10.6. The van der Waals surface area contributed by atoms with Crippen LogP contribution in [0.3, 0.4) is 0 Å². The van der Waals surface area contributed by atoms with Gasteiger partial charge in [-0.25, -0.2) is 4.68 Å². The van der Waals surface area contributed by atoms with Crippen molar-refractivity contribution < 1.29 is 14.6 Å². The second-order valence-corrected chi connectivity index (χ2v) is 3.59. The van der Waals surface area contributed by atoms with Gasteiger partial charge in [-0.15, -0.1) is 10.2 Å². The van der Waals surface area contributed by atoms with Crippen molar-refractivity contribution >= 4 is 17.7 Å². The summed E-state index contributed by atoms with van der Waals surface area (Å²) in [5, 5.41) is 15.6. The summed E-state index contributed by atoms with van der Waals surface area (Å²) in [6, 6.07) is 0. The molecule has 1 unspecified atom stereocenters. The van der Waals surface area contributed by atoms with Crippen LogP contribution in [0.4, 0.5) is 0 Å². The molecule has 7 nitrogen and oxygen atoms in total. The molecule has 0 spiro atoms. The number of aliphatic carboxylic acids is 1. The van der Waals surface area contributed by atoms with E-state index in [4.69, 9.17) is 15.7 Å². The zero-order valence-corrected chi connectivity index (χ0v) is 8.27. The fraction of sp³-hybridized carbons (Fsp3) is 0.500. The van der Waals surface area contributed by atoms with Crippen molar-refractivity contribution in [2.24, 2.45) is 0 Å². The lowest BCUT2D eigenvalue weighted by Crippen LogP contribution is -2.23. The van der Waals surface area contributed by atoms with Crippen molar-refractivity contribution in [3.8, 4) is 0 Å². The van der Waals surface area contributed by atoms with Crippen molar-refractivity contribution in [2.45, 2.75) is 10.4 Å². The van der Waals surface area contributed by atoms with Gasteiger partial charge in [-0.05, 0) is 0 Å². The molecule has 0 fully saturated rings. The molecule has 0 saturated heterocycles. The quantitative estimate of drug-likeness (QED) is 0.491. The van der Waals surface area contributed by atoms with E-state index in [2.05, 4.69) is 10.2 Å². The third kappa shape index (κ3) is 2.60. The van der Waals surface area contributed by atoms with E-state index >= 15 is 0 Å². The minimum absolute atomic E-state index is 0.0901. The molecule has 14 heavy (non-hydrogen) atoms. The van der Waals surface area contributed by atoms with E-state index in [0.717, 1.165) is 16.4 Å². The Labute approximate surface area is 84.2 Å². The highest BCUT2D eigenvalue weighted by molar-refractivity contribution is 8.00. The van der Waals surface area contributed by atoms with E-state index in [1.807, 2.05) is 0 Å². The van der Waals surface area contributed by atoms with E-state index in [0.29, 0.717) is 5.16 Å². The number of carboxylic acids is 1. The first kappa shape index (κ1) is 10.8. The molecule has 1 rings (SSSR count). The van der Waals surface area contributed by atoms with Gasteiger partial charge in [0.2, 0.25) is 5.16 Å². The summed E-state index contributed by atoms with van der Waals surface area (Å²) in [7, 11) is 1.43. The molecule has 0 aromatic carbocycles. The van der Waals surface area contributed by atoms with Gasteiger partial charge in [0, 0.05) is 7.11 Å². The SMILES string of the molecule is COCC(Sc1nncn1N)C(=O)O. The fourth-order valence-corrected chi connectivity index (χ4v) is 1.57. The molecule has 0 aliphatic carbocycles. The number of rotatable bonds is 5. The van der Waals surface area contributed by atoms with Crippen molar-refractivity contribution in [2.75, 3.05) is 19.6 Å². The lowest BCUT2D eigenvalue weighted by Gasteiger charge is -2.08. The van der Waals surface area contributed by atoms with Crippen molar-refractivity contribution in [3.05, 3.63) is 6.33 Å². The molecule has 0 aliphatic rings. The maximum Gasteiger partial charge on any atom is 0.319 e. The number of nitrogens with two attached hydrogens (primary N) is 1. The van der Waals surface area contributed by atoms with Crippen LogP contribution in [0, 0.1) is 0 Å². The van der Waals surface area contributed by atoms with E-state index in [9.17, 15) is 4.79 Å². The van der Waals surface area contributed by atoms with Gasteiger partial charge in [0.25, 0.3) is 0 Å². The Hall–Kier alpha value is -1.28. The van der Waals surface area contributed by atoms with Crippen LogP contribution in [0.2, 0.25) is 0 Å². The Morgan fingerprint density at radius 3 is 3.07 bits per heavy atom. The van der Waals surface area contributed by atoms with Crippen LogP contribution in [0.1, 0.15) is 0 Å². The van der Waals surface area contributed by atoms with Crippen LogP contribution in [0.25, 0.3) is 0 Å². The van der Waals surface area contributed by atoms with Gasteiger partial charge in [0.05, 0.1) is 6.61 Å². The number of thioether (sulfide) groups is 1. The van der Waals surface area contributed by atoms with E-state index in [1.165, 1.54) is 13.4 Å². The summed E-state index contributed by atoms with van der Waals surface area (Å²) >= 11 is 0.994. The van der Waals surface area contributed by atoms with Gasteiger partial charge >= 0.3 is 5.97 Å². The van der Waals surface area contributed by atoms with Crippen LogP contribution in [0.15, 0.2) is 11.5 Å². The molecule has 3 N–H and O–H groups in total. The largest absolute Gasteiger partial charge is 0.480 e. The molecule has 78 valence electrons. The van der Waals surface area contributed by atoms with Crippen LogP contribution in [-0.4, -0.2) is 44.9 Å². The predicted molar refractivity (Wildman–Crippen MR) is 49.3 cm³/mol. The smallest absolute Gasteiger partial charge is 0.319 e.